The Morgan fingerprint density at radius 3 is 2.71 bits per heavy atom. The molecule has 1 aliphatic heterocycles. The van der Waals surface area contributed by atoms with Gasteiger partial charge in [0.15, 0.2) is 0 Å². The van der Waals surface area contributed by atoms with Crippen LogP contribution in [0.1, 0.15) is 19.8 Å². The number of hydrogen-bond donors (Lipinski definition) is 0. The number of piperidine rings is 1. The van der Waals surface area contributed by atoms with E-state index in [0.29, 0.717) is 0 Å². The summed E-state index contributed by atoms with van der Waals surface area (Å²) in [6.07, 6.45) is 4.33. The van der Waals surface area contributed by atoms with Gasteiger partial charge in [-0.3, -0.25) is 4.98 Å². The number of nitrogens with zero attached hydrogens (tertiary/aromatic N) is 2. The molecule has 0 unspecified atom stereocenters. The van der Waals surface area contributed by atoms with E-state index in [4.69, 9.17) is 0 Å². The Kier molecular flexibility index (Phi) is 5.63. The van der Waals surface area contributed by atoms with Crippen molar-refractivity contribution < 1.29 is 51.4 Å². The van der Waals surface area contributed by atoms with E-state index in [2.05, 4.69) is 22.9 Å². The number of hydrogen-bond acceptors (Lipinski definition) is 2. The van der Waals surface area contributed by atoms with Crippen LogP contribution in [0.4, 0.5) is 5.82 Å². The maximum absolute atomic E-state index is 4.30. The zero-order valence-corrected chi connectivity index (χ0v) is 12.2. The number of aromatic nitrogens is 1. The summed E-state index contributed by atoms with van der Waals surface area (Å²) in [5, 5.41) is 0. The van der Waals surface area contributed by atoms with Crippen LogP contribution in [0, 0.1) is 12.0 Å². The van der Waals surface area contributed by atoms with E-state index in [0.717, 1.165) is 24.8 Å². The molecule has 0 atom stereocenters. The van der Waals surface area contributed by atoms with Crippen LogP contribution in [0.3, 0.4) is 0 Å². The van der Waals surface area contributed by atoms with Crippen molar-refractivity contribution in [2.45, 2.75) is 19.8 Å². The molecule has 0 radical (unpaired) electrons. The molecule has 0 aromatic carbocycles. The summed E-state index contributed by atoms with van der Waals surface area (Å²) in [4.78, 5) is 6.65. The average Bonchev–Trinajstić information content (AvgIpc) is 2.20. The van der Waals surface area contributed by atoms with Crippen LogP contribution in [0.15, 0.2) is 18.3 Å². The second-order valence-electron chi connectivity index (χ2n) is 3.79. The molecule has 1 aliphatic rings. The molecular formula is C11H15KN2. The maximum Gasteiger partial charge on any atom is 1.00 e. The van der Waals surface area contributed by atoms with E-state index >= 15 is 0 Å². The molecule has 0 amide bonds. The summed E-state index contributed by atoms with van der Waals surface area (Å²) in [5.74, 6) is 1.98. The molecule has 70 valence electrons. The SMILES string of the molecule is CC1CCN(c2cc[c-]cn2)CC1.[K+]. The molecule has 0 saturated carbocycles. The predicted molar refractivity (Wildman–Crippen MR) is 53.7 cm³/mol. The molecule has 2 nitrogen and oxygen atoms in total. The molecule has 14 heavy (non-hydrogen) atoms. The summed E-state index contributed by atoms with van der Waals surface area (Å²) in [5.41, 5.74) is 0. The van der Waals surface area contributed by atoms with Gasteiger partial charge in [-0.1, -0.05) is 13.1 Å². The van der Waals surface area contributed by atoms with E-state index in [1.165, 1.54) is 12.8 Å². The first-order valence-corrected chi connectivity index (χ1v) is 4.93. The Morgan fingerprint density at radius 1 is 1.43 bits per heavy atom. The summed E-state index contributed by atoms with van der Waals surface area (Å²) in [6.45, 7) is 4.62. The first-order chi connectivity index (χ1) is 6.36. The van der Waals surface area contributed by atoms with Crippen LogP contribution >= 0.6 is 0 Å². The van der Waals surface area contributed by atoms with Gasteiger partial charge in [-0.15, -0.1) is 0 Å². The third-order valence-electron chi connectivity index (χ3n) is 2.71. The Hall–Kier alpha value is 0.586. The van der Waals surface area contributed by atoms with Crippen LogP contribution in [-0.4, -0.2) is 18.1 Å². The van der Waals surface area contributed by atoms with Crippen molar-refractivity contribution in [1.82, 2.24) is 4.98 Å². The van der Waals surface area contributed by atoms with E-state index in [9.17, 15) is 0 Å². The Balaban J connectivity index is 0.000000980. The fourth-order valence-corrected chi connectivity index (χ4v) is 1.74. The smallest absolute Gasteiger partial charge is 0.371 e. The van der Waals surface area contributed by atoms with Crippen molar-refractivity contribution in [2.24, 2.45) is 5.92 Å². The summed E-state index contributed by atoms with van der Waals surface area (Å²) in [7, 11) is 0. The first kappa shape index (κ1) is 12.7. The van der Waals surface area contributed by atoms with Gasteiger partial charge in [0.2, 0.25) is 0 Å². The van der Waals surface area contributed by atoms with Gasteiger partial charge in [0.25, 0.3) is 0 Å². The van der Waals surface area contributed by atoms with Gasteiger partial charge in [0.1, 0.15) is 0 Å². The number of pyridine rings is 1. The minimum atomic E-state index is 0. The van der Waals surface area contributed by atoms with E-state index in [-0.39, 0.29) is 51.4 Å². The molecule has 3 heteroatoms. The quantitative estimate of drug-likeness (QED) is 0.446. The summed E-state index contributed by atoms with van der Waals surface area (Å²) >= 11 is 0. The van der Waals surface area contributed by atoms with Crippen LogP contribution in [-0.2, 0) is 0 Å². The molecular weight excluding hydrogens is 199 g/mol. The molecule has 1 aromatic rings. The van der Waals surface area contributed by atoms with Crippen molar-refractivity contribution in [3.8, 4) is 0 Å². The fourth-order valence-electron chi connectivity index (χ4n) is 1.74. The number of anilines is 1. The minimum absolute atomic E-state index is 0. The van der Waals surface area contributed by atoms with Gasteiger partial charge in [-0.25, -0.2) is 12.1 Å². The normalized spacial score (nSPS) is 17.6. The van der Waals surface area contributed by atoms with E-state index in [1.54, 1.807) is 6.20 Å². The number of rotatable bonds is 1. The van der Waals surface area contributed by atoms with Gasteiger partial charge in [0.05, 0.1) is 0 Å². The van der Waals surface area contributed by atoms with Gasteiger partial charge in [0, 0.05) is 18.9 Å². The molecule has 1 aromatic heterocycles. The fraction of sp³-hybridized carbons (Fsp3) is 0.545. The zero-order valence-electron chi connectivity index (χ0n) is 9.03. The third kappa shape index (κ3) is 3.31. The van der Waals surface area contributed by atoms with Crippen LogP contribution in [0.25, 0.3) is 0 Å². The molecule has 2 heterocycles. The maximum atomic E-state index is 4.30. The van der Waals surface area contributed by atoms with Gasteiger partial charge in [-0.05, 0) is 18.8 Å². The second-order valence-corrected chi connectivity index (χ2v) is 3.79. The molecule has 2 rings (SSSR count). The monoisotopic (exact) mass is 214 g/mol. The van der Waals surface area contributed by atoms with Crippen molar-refractivity contribution >= 4 is 5.82 Å². The molecule has 0 spiro atoms. The van der Waals surface area contributed by atoms with Crippen LogP contribution in [0.5, 0.6) is 0 Å². The molecule has 0 N–H and O–H groups in total. The first-order valence-electron chi connectivity index (χ1n) is 4.93. The standard InChI is InChI=1S/C11H15N2.K/c1-10-5-8-13(9-6-10)11-4-2-3-7-12-11;/h2,4,7,10H,5-6,8-9H2,1H3;/q-1;+1. The van der Waals surface area contributed by atoms with Crippen molar-refractivity contribution in [2.75, 3.05) is 18.0 Å². The topological polar surface area (TPSA) is 16.1 Å². The average molecular weight is 214 g/mol. The Bertz CT molecular complexity index is 255. The van der Waals surface area contributed by atoms with Crippen LogP contribution in [0.2, 0.25) is 0 Å². The van der Waals surface area contributed by atoms with Gasteiger partial charge < -0.3 is 4.90 Å². The van der Waals surface area contributed by atoms with Crippen molar-refractivity contribution in [3.63, 3.8) is 0 Å². The van der Waals surface area contributed by atoms with Crippen molar-refractivity contribution in [1.29, 1.82) is 0 Å². The van der Waals surface area contributed by atoms with E-state index in [1.807, 2.05) is 12.1 Å². The van der Waals surface area contributed by atoms with Crippen molar-refractivity contribution in [3.05, 3.63) is 24.4 Å². The van der Waals surface area contributed by atoms with Gasteiger partial charge >= 0.3 is 51.4 Å². The summed E-state index contributed by atoms with van der Waals surface area (Å²) in [6, 6.07) is 6.91. The zero-order chi connectivity index (χ0) is 9.10. The van der Waals surface area contributed by atoms with Gasteiger partial charge in [-0.2, -0.15) is 6.07 Å². The Labute approximate surface area is 129 Å². The molecule has 1 saturated heterocycles. The predicted octanol–water partition coefficient (Wildman–Crippen LogP) is -0.878. The molecule has 1 fully saturated rings. The summed E-state index contributed by atoms with van der Waals surface area (Å²) < 4.78 is 0. The third-order valence-corrected chi connectivity index (χ3v) is 2.71. The molecule has 0 aliphatic carbocycles. The largest absolute Gasteiger partial charge is 1.00 e. The minimum Gasteiger partial charge on any atom is -0.371 e. The van der Waals surface area contributed by atoms with E-state index < -0.39 is 0 Å². The second kappa shape index (κ2) is 6.23. The molecule has 0 bridgehead atoms. The van der Waals surface area contributed by atoms with Crippen LogP contribution < -0.4 is 56.3 Å². The Morgan fingerprint density at radius 2 is 2.14 bits per heavy atom.